The minimum Gasteiger partial charge on any atom is -0.493 e. The number of hydrogen-bond donors (Lipinski definition) is 2. The van der Waals surface area contributed by atoms with E-state index in [1.54, 1.807) is 14.2 Å². The molecular weight excluding hydrogens is 378 g/mol. The molecule has 1 fully saturated rings. The molecule has 0 spiro atoms. The second kappa shape index (κ2) is 11.3. The Hall–Kier alpha value is -2.96. The van der Waals surface area contributed by atoms with Gasteiger partial charge in [-0.15, -0.1) is 0 Å². The molecular formula is C23H33N5O2. The zero-order chi connectivity index (χ0) is 21.2. The fourth-order valence-corrected chi connectivity index (χ4v) is 3.64. The summed E-state index contributed by atoms with van der Waals surface area (Å²) in [5.74, 6) is 2.95. The van der Waals surface area contributed by atoms with Crippen molar-refractivity contribution in [1.29, 1.82) is 0 Å². The highest BCUT2D eigenvalue weighted by Crippen LogP contribution is 2.27. The molecule has 1 aliphatic rings. The molecule has 0 atom stereocenters. The average molecular weight is 412 g/mol. The maximum absolute atomic E-state index is 6.06. The third kappa shape index (κ3) is 6.27. The summed E-state index contributed by atoms with van der Waals surface area (Å²) in [4.78, 5) is 11.4. The van der Waals surface area contributed by atoms with Crippen LogP contribution in [0.25, 0.3) is 0 Å². The van der Waals surface area contributed by atoms with Gasteiger partial charge in [0.1, 0.15) is 5.82 Å². The molecule has 2 aromatic rings. The van der Waals surface area contributed by atoms with E-state index in [0.717, 1.165) is 48.0 Å². The number of hydrogen-bond acceptors (Lipinski definition) is 5. The van der Waals surface area contributed by atoms with Crippen molar-refractivity contribution in [2.75, 3.05) is 38.8 Å². The smallest absolute Gasteiger partial charge is 0.188 e. The van der Waals surface area contributed by atoms with Gasteiger partial charge < -0.3 is 25.4 Å². The number of aliphatic imine (C=N–C) groups is 1. The van der Waals surface area contributed by atoms with Crippen molar-refractivity contribution < 1.29 is 9.47 Å². The van der Waals surface area contributed by atoms with Gasteiger partial charge in [0.2, 0.25) is 0 Å². The third-order valence-corrected chi connectivity index (χ3v) is 5.34. The van der Waals surface area contributed by atoms with Crippen molar-refractivity contribution in [1.82, 2.24) is 10.3 Å². The lowest BCUT2D eigenvalue weighted by molar-refractivity contribution is 0.354. The number of aromatic nitrogens is 1. The van der Waals surface area contributed by atoms with E-state index in [9.17, 15) is 0 Å². The van der Waals surface area contributed by atoms with Gasteiger partial charge in [0.05, 0.1) is 20.8 Å². The van der Waals surface area contributed by atoms with Crippen LogP contribution in [0, 0.1) is 0 Å². The van der Waals surface area contributed by atoms with Gasteiger partial charge in [-0.05, 0) is 54.7 Å². The standard InChI is InChI=1S/C23H33N5O2/c1-29-20-8-7-18(15-21(20)30-2)9-12-26-23(24)27-17-19-10-11-25-22(16-19)28-13-5-3-4-6-14-28/h7-8,10-11,15-16H,3-6,9,12-14,17H2,1-2H3,(H3,24,26,27). The fourth-order valence-electron chi connectivity index (χ4n) is 3.64. The van der Waals surface area contributed by atoms with E-state index in [1.807, 2.05) is 30.5 Å². The van der Waals surface area contributed by atoms with E-state index in [4.69, 9.17) is 15.2 Å². The van der Waals surface area contributed by atoms with Gasteiger partial charge >= 0.3 is 0 Å². The second-order valence-electron chi connectivity index (χ2n) is 7.49. The van der Waals surface area contributed by atoms with Crippen LogP contribution in [0.2, 0.25) is 0 Å². The predicted octanol–water partition coefficient (Wildman–Crippen LogP) is 3.13. The Morgan fingerprint density at radius 2 is 1.80 bits per heavy atom. The molecule has 2 heterocycles. The molecule has 30 heavy (non-hydrogen) atoms. The third-order valence-electron chi connectivity index (χ3n) is 5.34. The number of rotatable bonds is 8. The summed E-state index contributed by atoms with van der Waals surface area (Å²) in [5.41, 5.74) is 8.32. The number of methoxy groups -OCH3 is 2. The van der Waals surface area contributed by atoms with E-state index in [1.165, 1.54) is 25.7 Å². The van der Waals surface area contributed by atoms with Crippen LogP contribution in [0.3, 0.4) is 0 Å². The largest absolute Gasteiger partial charge is 0.493 e. The minimum atomic E-state index is 0.448. The van der Waals surface area contributed by atoms with Gasteiger partial charge in [-0.1, -0.05) is 18.9 Å². The highest BCUT2D eigenvalue weighted by atomic mass is 16.5. The van der Waals surface area contributed by atoms with Gasteiger partial charge in [-0.3, -0.25) is 0 Å². The Morgan fingerprint density at radius 1 is 1.03 bits per heavy atom. The first-order chi connectivity index (χ1) is 14.7. The molecule has 0 unspecified atom stereocenters. The maximum atomic E-state index is 6.06. The summed E-state index contributed by atoms with van der Waals surface area (Å²) < 4.78 is 10.6. The van der Waals surface area contributed by atoms with Crippen molar-refractivity contribution in [2.45, 2.75) is 38.6 Å². The average Bonchev–Trinajstić information content (AvgIpc) is 3.07. The number of pyridine rings is 1. The zero-order valence-electron chi connectivity index (χ0n) is 18.1. The first-order valence-corrected chi connectivity index (χ1v) is 10.6. The topological polar surface area (TPSA) is 85.0 Å². The minimum absolute atomic E-state index is 0.448. The lowest BCUT2D eigenvalue weighted by Crippen LogP contribution is -2.33. The molecule has 1 saturated heterocycles. The van der Waals surface area contributed by atoms with Gasteiger partial charge in [0, 0.05) is 25.8 Å². The molecule has 0 aliphatic carbocycles. The molecule has 0 amide bonds. The van der Waals surface area contributed by atoms with Crippen molar-refractivity contribution in [2.24, 2.45) is 10.7 Å². The summed E-state index contributed by atoms with van der Waals surface area (Å²) in [6, 6.07) is 10.1. The highest BCUT2D eigenvalue weighted by molar-refractivity contribution is 5.77. The summed E-state index contributed by atoms with van der Waals surface area (Å²) in [6.07, 6.45) is 7.77. The van der Waals surface area contributed by atoms with Crippen LogP contribution in [0.1, 0.15) is 36.8 Å². The van der Waals surface area contributed by atoms with E-state index in [-0.39, 0.29) is 0 Å². The van der Waals surface area contributed by atoms with Crippen LogP contribution in [-0.4, -0.2) is 44.8 Å². The normalized spacial score (nSPS) is 14.9. The number of ether oxygens (including phenoxy) is 2. The maximum Gasteiger partial charge on any atom is 0.188 e. The molecule has 1 aromatic heterocycles. The number of guanidine groups is 1. The Kier molecular flexibility index (Phi) is 8.18. The molecule has 0 bridgehead atoms. The Bertz CT molecular complexity index is 832. The van der Waals surface area contributed by atoms with E-state index in [2.05, 4.69) is 26.3 Å². The number of benzene rings is 1. The summed E-state index contributed by atoms with van der Waals surface area (Å²) in [5, 5.41) is 3.18. The highest BCUT2D eigenvalue weighted by Gasteiger charge is 2.11. The van der Waals surface area contributed by atoms with Crippen LogP contribution in [0.4, 0.5) is 5.82 Å². The molecule has 7 heteroatoms. The Labute approximate surface area is 179 Å². The van der Waals surface area contributed by atoms with Crippen molar-refractivity contribution in [3.05, 3.63) is 47.7 Å². The molecule has 0 saturated carbocycles. The molecule has 0 radical (unpaired) electrons. The molecule has 1 aliphatic heterocycles. The SMILES string of the molecule is COc1ccc(CCNC(N)=NCc2ccnc(N3CCCCCC3)c2)cc1OC. The Morgan fingerprint density at radius 3 is 2.53 bits per heavy atom. The van der Waals surface area contributed by atoms with Crippen LogP contribution >= 0.6 is 0 Å². The van der Waals surface area contributed by atoms with Crippen LogP contribution in [0.5, 0.6) is 11.5 Å². The molecule has 1 aromatic carbocycles. The molecule has 3 N–H and O–H groups in total. The van der Waals surface area contributed by atoms with E-state index < -0.39 is 0 Å². The van der Waals surface area contributed by atoms with Gasteiger partial charge in [-0.25, -0.2) is 9.98 Å². The number of nitrogens with two attached hydrogens (primary N) is 1. The summed E-state index contributed by atoms with van der Waals surface area (Å²) >= 11 is 0. The lowest BCUT2D eigenvalue weighted by atomic mass is 10.1. The quantitative estimate of drug-likeness (QED) is 0.513. The Balaban J connectivity index is 1.50. The van der Waals surface area contributed by atoms with Crippen LogP contribution < -0.4 is 25.4 Å². The van der Waals surface area contributed by atoms with Gasteiger partial charge in [0.25, 0.3) is 0 Å². The number of anilines is 1. The molecule has 7 nitrogen and oxygen atoms in total. The fraction of sp³-hybridized carbons (Fsp3) is 0.478. The summed E-state index contributed by atoms with van der Waals surface area (Å²) in [6.45, 7) is 3.40. The first kappa shape index (κ1) is 21.7. The van der Waals surface area contributed by atoms with Crippen molar-refractivity contribution >= 4 is 11.8 Å². The zero-order valence-corrected chi connectivity index (χ0v) is 18.1. The second-order valence-corrected chi connectivity index (χ2v) is 7.49. The first-order valence-electron chi connectivity index (χ1n) is 10.6. The number of nitrogens with zero attached hydrogens (tertiary/aromatic N) is 3. The van der Waals surface area contributed by atoms with Gasteiger partial charge in [-0.2, -0.15) is 0 Å². The molecule has 162 valence electrons. The number of nitrogens with one attached hydrogen (secondary N) is 1. The molecule has 3 rings (SSSR count). The van der Waals surface area contributed by atoms with Gasteiger partial charge in [0.15, 0.2) is 17.5 Å². The van der Waals surface area contributed by atoms with Crippen LogP contribution in [0.15, 0.2) is 41.5 Å². The predicted molar refractivity (Wildman–Crippen MR) is 121 cm³/mol. The van der Waals surface area contributed by atoms with Crippen molar-refractivity contribution in [3.63, 3.8) is 0 Å². The van der Waals surface area contributed by atoms with E-state index >= 15 is 0 Å². The lowest BCUT2D eigenvalue weighted by Gasteiger charge is -2.21. The monoisotopic (exact) mass is 411 g/mol. The van der Waals surface area contributed by atoms with E-state index in [0.29, 0.717) is 19.0 Å². The summed E-state index contributed by atoms with van der Waals surface area (Å²) in [7, 11) is 3.28. The van der Waals surface area contributed by atoms with Crippen molar-refractivity contribution in [3.8, 4) is 11.5 Å². The van der Waals surface area contributed by atoms with Crippen LogP contribution in [-0.2, 0) is 13.0 Å².